The maximum Gasteiger partial charge on any atom is 1.00 e. The van der Waals surface area contributed by atoms with E-state index in [0.29, 0.717) is 23.3 Å². The molecule has 0 spiro atoms. The van der Waals surface area contributed by atoms with E-state index < -0.39 is 10.3 Å². The van der Waals surface area contributed by atoms with Gasteiger partial charge >= 0.3 is 29.6 Å². The Morgan fingerprint density at radius 2 is 1.52 bits per heavy atom. The zero-order chi connectivity index (χ0) is 17.4. The van der Waals surface area contributed by atoms with E-state index in [2.05, 4.69) is 11.9 Å². The summed E-state index contributed by atoms with van der Waals surface area (Å²) in [5.74, 6) is 0.356. The number of hydrogen-bond acceptors (Lipinski definition) is 4. The summed E-state index contributed by atoms with van der Waals surface area (Å²) in [4.78, 5) is 4.33. The number of nitrogens with zero attached hydrogens (tertiary/aromatic N) is 2. The van der Waals surface area contributed by atoms with Crippen molar-refractivity contribution in [2.45, 2.75) is 71.1 Å². The minimum absolute atomic E-state index is 0. The van der Waals surface area contributed by atoms with Crippen LogP contribution in [-0.4, -0.2) is 21.9 Å². The van der Waals surface area contributed by atoms with Gasteiger partial charge in [0.15, 0.2) is 10.3 Å². The summed E-state index contributed by atoms with van der Waals surface area (Å²) in [5, 5.41) is 0. The third-order valence-electron chi connectivity index (χ3n) is 4.31. The molecule has 0 fully saturated rings. The molecule has 0 unspecified atom stereocenters. The molecule has 2 rings (SSSR count). The predicted molar refractivity (Wildman–Crippen MR) is 95.8 cm³/mol. The van der Waals surface area contributed by atoms with Crippen LogP contribution in [0, 0.1) is 0 Å². The number of rotatable bonds is 11. The largest absolute Gasteiger partial charge is 1.00 e. The van der Waals surface area contributed by atoms with Gasteiger partial charge in [-0.3, -0.25) is 0 Å². The minimum Gasteiger partial charge on any atom is -0.731 e. The summed E-state index contributed by atoms with van der Waals surface area (Å²) in [7, 11) is -4.57. The molecular weight excluding hydrogens is 347 g/mol. The molecule has 0 aliphatic carbocycles. The van der Waals surface area contributed by atoms with Crippen molar-refractivity contribution in [3.63, 3.8) is 0 Å². The minimum atomic E-state index is -4.57. The molecule has 1 aromatic heterocycles. The van der Waals surface area contributed by atoms with Gasteiger partial charge in [0, 0.05) is 6.42 Å². The van der Waals surface area contributed by atoms with Crippen molar-refractivity contribution in [1.82, 2.24) is 8.96 Å². The van der Waals surface area contributed by atoms with E-state index in [9.17, 15) is 13.0 Å². The standard InChI is InChI=1S/C18H28N2O3S.Na/c1-2-3-4-5-6-7-8-9-10-15-18-19-16-13-11-12-14-17(16)20(18)24(21,22)23;/h11-14H,2-10,15H2,1H3,(H,21,22,23);/q;+1/p-1. The number of unbranched alkanes of at least 4 members (excludes halogenated alkanes) is 8. The van der Waals surface area contributed by atoms with Crippen LogP contribution in [0.4, 0.5) is 0 Å². The Morgan fingerprint density at radius 3 is 2.12 bits per heavy atom. The Morgan fingerprint density at radius 1 is 0.960 bits per heavy atom. The van der Waals surface area contributed by atoms with E-state index in [1.807, 2.05) is 0 Å². The van der Waals surface area contributed by atoms with Crippen LogP contribution in [0.2, 0.25) is 0 Å². The number of para-hydroxylation sites is 2. The summed E-state index contributed by atoms with van der Waals surface area (Å²) in [5.41, 5.74) is 0.932. The van der Waals surface area contributed by atoms with Gasteiger partial charge in [0.1, 0.15) is 5.82 Å². The first-order chi connectivity index (χ1) is 11.5. The van der Waals surface area contributed by atoms with Crippen molar-refractivity contribution in [2.24, 2.45) is 0 Å². The van der Waals surface area contributed by atoms with Gasteiger partial charge in [-0.25, -0.2) is 17.4 Å². The molecule has 2 aromatic rings. The van der Waals surface area contributed by atoms with Gasteiger partial charge in [0.2, 0.25) is 0 Å². The number of hydrogen-bond donors (Lipinski definition) is 0. The number of imidazole rings is 1. The Balaban J connectivity index is 0.00000312. The summed E-state index contributed by atoms with van der Waals surface area (Å²) < 4.78 is 35.5. The Labute approximate surface area is 173 Å². The fourth-order valence-electron chi connectivity index (χ4n) is 3.05. The Bertz CT molecular complexity index is 744. The number of aromatic nitrogens is 2. The van der Waals surface area contributed by atoms with Crippen molar-refractivity contribution in [3.05, 3.63) is 30.1 Å². The van der Waals surface area contributed by atoms with Crippen molar-refractivity contribution >= 4 is 21.3 Å². The van der Waals surface area contributed by atoms with Crippen LogP contribution in [-0.2, 0) is 16.7 Å². The summed E-state index contributed by atoms with van der Waals surface area (Å²) in [6.45, 7) is 2.22. The quantitative estimate of drug-likeness (QED) is 0.339. The van der Waals surface area contributed by atoms with Gasteiger partial charge in [-0.2, -0.15) is 0 Å². The van der Waals surface area contributed by atoms with Gasteiger partial charge < -0.3 is 4.55 Å². The van der Waals surface area contributed by atoms with Crippen LogP contribution in [0.25, 0.3) is 11.0 Å². The molecule has 0 saturated carbocycles. The van der Waals surface area contributed by atoms with E-state index in [1.54, 1.807) is 24.3 Å². The summed E-state index contributed by atoms with van der Waals surface area (Å²) in [6.07, 6.45) is 11.3. The molecule has 5 nitrogen and oxygen atoms in total. The van der Waals surface area contributed by atoms with Crippen LogP contribution < -0.4 is 29.6 Å². The molecule has 0 atom stereocenters. The monoisotopic (exact) mass is 374 g/mol. The SMILES string of the molecule is CCCCCCCCCCCc1nc2ccccc2n1S(=O)(=O)[O-].[Na+]. The second-order valence-corrected chi connectivity index (χ2v) is 7.54. The smallest absolute Gasteiger partial charge is 0.731 e. The average Bonchev–Trinajstić information content (AvgIpc) is 2.91. The normalized spacial score (nSPS) is 11.6. The number of benzene rings is 1. The second-order valence-electron chi connectivity index (χ2n) is 6.32. The van der Waals surface area contributed by atoms with Crippen LogP contribution >= 0.6 is 0 Å². The van der Waals surface area contributed by atoms with Crippen LogP contribution in [0.3, 0.4) is 0 Å². The molecule has 0 radical (unpaired) electrons. The molecule has 0 bridgehead atoms. The number of aryl methyl sites for hydroxylation is 1. The predicted octanol–water partition coefficient (Wildman–Crippen LogP) is 1.42. The molecule has 7 heteroatoms. The maximum absolute atomic E-state index is 11.6. The molecule has 134 valence electrons. The van der Waals surface area contributed by atoms with E-state index in [-0.39, 0.29) is 29.6 Å². The molecule has 0 aliphatic rings. The molecule has 0 saturated heterocycles. The first-order valence-electron chi connectivity index (χ1n) is 8.97. The van der Waals surface area contributed by atoms with Gasteiger partial charge in [0.25, 0.3) is 0 Å². The van der Waals surface area contributed by atoms with Crippen LogP contribution in [0.15, 0.2) is 24.3 Å². The molecule has 0 amide bonds. The van der Waals surface area contributed by atoms with Crippen molar-refractivity contribution < 1.29 is 42.5 Å². The second kappa shape index (κ2) is 11.3. The zero-order valence-electron chi connectivity index (χ0n) is 15.4. The Hall–Kier alpha value is -0.400. The first kappa shape index (κ1) is 22.6. The fraction of sp³-hybridized carbons (Fsp3) is 0.611. The van der Waals surface area contributed by atoms with Gasteiger partial charge in [-0.15, -0.1) is 0 Å². The van der Waals surface area contributed by atoms with Crippen LogP contribution in [0.1, 0.15) is 70.5 Å². The molecule has 0 N–H and O–H groups in total. The van der Waals surface area contributed by atoms with Gasteiger partial charge in [-0.05, 0) is 18.6 Å². The molecule has 1 aromatic carbocycles. The topological polar surface area (TPSA) is 75.0 Å². The summed E-state index contributed by atoms with van der Waals surface area (Å²) in [6, 6.07) is 6.86. The zero-order valence-corrected chi connectivity index (χ0v) is 18.2. The van der Waals surface area contributed by atoms with Gasteiger partial charge in [0.05, 0.1) is 11.0 Å². The third-order valence-corrected chi connectivity index (χ3v) is 5.17. The first-order valence-corrected chi connectivity index (χ1v) is 10.3. The van der Waals surface area contributed by atoms with Crippen molar-refractivity contribution in [2.75, 3.05) is 0 Å². The van der Waals surface area contributed by atoms with Crippen LogP contribution in [0.5, 0.6) is 0 Å². The van der Waals surface area contributed by atoms with Crippen molar-refractivity contribution in [1.29, 1.82) is 0 Å². The third kappa shape index (κ3) is 7.02. The molecule has 0 aliphatic heterocycles. The average molecular weight is 374 g/mol. The molecule has 1 heterocycles. The maximum atomic E-state index is 11.6. The van der Waals surface area contributed by atoms with Gasteiger partial charge in [-0.1, -0.05) is 70.4 Å². The summed E-state index contributed by atoms with van der Waals surface area (Å²) >= 11 is 0. The Kier molecular flexibility index (Phi) is 10.3. The molecule has 25 heavy (non-hydrogen) atoms. The van der Waals surface area contributed by atoms with Crippen molar-refractivity contribution in [3.8, 4) is 0 Å². The van der Waals surface area contributed by atoms with E-state index in [1.165, 1.54) is 38.5 Å². The molecular formula is C18H27N2NaO3S. The van der Waals surface area contributed by atoms with E-state index in [4.69, 9.17) is 0 Å². The van der Waals surface area contributed by atoms with E-state index >= 15 is 0 Å². The fourth-order valence-corrected chi connectivity index (χ4v) is 3.84. The number of fused-ring (bicyclic) bond motifs is 1. The van der Waals surface area contributed by atoms with E-state index in [0.717, 1.165) is 23.2 Å².